The van der Waals surface area contributed by atoms with Crippen LogP contribution in [0.3, 0.4) is 0 Å². The van der Waals surface area contributed by atoms with Gasteiger partial charge in [0.25, 0.3) is 0 Å². The maximum absolute atomic E-state index is 11.3. The van der Waals surface area contributed by atoms with E-state index in [-0.39, 0.29) is 24.4 Å². The lowest BCUT2D eigenvalue weighted by Crippen LogP contribution is -2.27. The first kappa shape index (κ1) is 8.96. The molecule has 1 aliphatic heterocycles. The van der Waals surface area contributed by atoms with Crippen LogP contribution in [0.2, 0.25) is 0 Å². The van der Waals surface area contributed by atoms with Gasteiger partial charge in [-0.3, -0.25) is 14.5 Å². The second-order valence-corrected chi connectivity index (χ2v) is 3.26. The van der Waals surface area contributed by atoms with E-state index < -0.39 is 6.10 Å². The summed E-state index contributed by atoms with van der Waals surface area (Å²) in [6.07, 6.45) is -0.511. The van der Waals surface area contributed by atoms with Crippen LogP contribution in [0, 0.1) is 0 Å². The van der Waals surface area contributed by atoms with Crippen LogP contribution in [0.15, 0.2) is 23.0 Å². The van der Waals surface area contributed by atoms with E-state index in [2.05, 4.69) is 4.98 Å². The van der Waals surface area contributed by atoms with Gasteiger partial charge in [0.15, 0.2) is 0 Å². The van der Waals surface area contributed by atoms with Crippen molar-refractivity contribution in [3.8, 4) is 0 Å². The molecule has 1 aromatic rings. The predicted molar refractivity (Wildman–Crippen MR) is 50.0 cm³/mol. The van der Waals surface area contributed by atoms with Gasteiger partial charge in [0.05, 0.1) is 19.1 Å². The highest BCUT2D eigenvalue weighted by Gasteiger charge is 2.29. The Balaban J connectivity index is 2.32. The van der Waals surface area contributed by atoms with Crippen molar-refractivity contribution in [1.82, 2.24) is 4.98 Å². The number of amides is 1. The number of aliphatic hydroxyl groups is 1. The molecule has 5 nitrogen and oxygen atoms in total. The molecule has 0 bridgehead atoms. The van der Waals surface area contributed by atoms with Gasteiger partial charge in [-0.2, -0.15) is 0 Å². The smallest absolute Gasteiger partial charge is 0.249 e. The fourth-order valence-electron chi connectivity index (χ4n) is 1.52. The molecule has 1 atom stereocenters. The topological polar surface area (TPSA) is 73.4 Å². The first-order valence-electron chi connectivity index (χ1n) is 4.34. The number of carbonyl (C=O) groups excluding carboxylic acids is 1. The molecular formula is C9H10N2O3. The molecule has 0 spiro atoms. The van der Waals surface area contributed by atoms with Crippen molar-refractivity contribution in [1.29, 1.82) is 0 Å². The maximum Gasteiger partial charge on any atom is 0.249 e. The Kier molecular flexibility index (Phi) is 2.09. The number of nitrogens with zero attached hydrogens (tertiary/aromatic N) is 1. The van der Waals surface area contributed by atoms with Gasteiger partial charge in [0, 0.05) is 6.07 Å². The lowest BCUT2D eigenvalue weighted by atomic mass is 10.3. The van der Waals surface area contributed by atoms with Crippen LogP contribution in [-0.2, 0) is 4.79 Å². The molecule has 1 amide bonds. The third-order valence-electron chi connectivity index (χ3n) is 2.15. The van der Waals surface area contributed by atoms with Crippen molar-refractivity contribution >= 4 is 11.7 Å². The van der Waals surface area contributed by atoms with E-state index in [0.717, 1.165) is 0 Å². The van der Waals surface area contributed by atoms with Crippen LogP contribution >= 0.6 is 0 Å². The minimum Gasteiger partial charge on any atom is -0.391 e. The molecule has 1 aliphatic rings. The normalized spacial score (nSPS) is 21.6. The number of anilines is 1. The van der Waals surface area contributed by atoms with Gasteiger partial charge < -0.3 is 10.1 Å². The average molecular weight is 194 g/mol. The van der Waals surface area contributed by atoms with Gasteiger partial charge in [-0.1, -0.05) is 6.07 Å². The number of β-amino-alcohol motifs (C(OH)–C–C–N with tert-alkyl or cyclic N) is 1. The van der Waals surface area contributed by atoms with E-state index in [4.69, 9.17) is 0 Å². The number of rotatable bonds is 1. The Hall–Kier alpha value is -1.62. The summed E-state index contributed by atoms with van der Waals surface area (Å²) in [5, 5.41) is 9.25. The van der Waals surface area contributed by atoms with Gasteiger partial charge in [-0.05, 0) is 6.07 Å². The Morgan fingerprint density at radius 3 is 2.79 bits per heavy atom. The van der Waals surface area contributed by atoms with Crippen LogP contribution in [0.25, 0.3) is 0 Å². The first-order valence-corrected chi connectivity index (χ1v) is 4.34. The zero-order valence-corrected chi connectivity index (χ0v) is 7.43. The molecule has 5 heteroatoms. The molecule has 2 rings (SSSR count). The molecule has 0 aromatic carbocycles. The Bertz CT molecular complexity index is 413. The molecule has 2 heterocycles. The number of aliphatic hydroxyl groups excluding tert-OH is 1. The third kappa shape index (κ3) is 1.54. The van der Waals surface area contributed by atoms with Crippen molar-refractivity contribution in [3.63, 3.8) is 0 Å². The minimum absolute atomic E-state index is 0.122. The van der Waals surface area contributed by atoms with E-state index in [9.17, 15) is 14.7 Å². The van der Waals surface area contributed by atoms with Crippen LogP contribution in [0.5, 0.6) is 0 Å². The van der Waals surface area contributed by atoms with Crippen LogP contribution in [0.1, 0.15) is 6.42 Å². The van der Waals surface area contributed by atoms with Gasteiger partial charge >= 0.3 is 0 Å². The molecule has 0 saturated carbocycles. The van der Waals surface area contributed by atoms with Crippen molar-refractivity contribution in [3.05, 3.63) is 28.6 Å². The molecule has 14 heavy (non-hydrogen) atoms. The summed E-state index contributed by atoms with van der Waals surface area (Å²) in [6, 6.07) is 4.59. The number of H-pyrrole nitrogens is 1. The number of nitrogens with one attached hydrogen (secondary N) is 1. The fraction of sp³-hybridized carbons (Fsp3) is 0.333. The van der Waals surface area contributed by atoms with Gasteiger partial charge in [0.1, 0.15) is 5.82 Å². The summed E-state index contributed by atoms with van der Waals surface area (Å²) in [4.78, 5) is 26.2. The number of hydrogen-bond acceptors (Lipinski definition) is 3. The minimum atomic E-state index is -0.633. The van der Waals surface area contributed by atoms with Gasteiger partial charge in [-0.25, -0.2) is 0 Å². The van der Waals surface area contributed by atoms with E-state index >= 15 is 0 Å². The number of pyridine rings is 1. The second kappa shape index (κ2) is 3.26. The highest BCUT2D eigenvalue weighted by atomic mass is 16.3. The standard InChI is InChI=1S/C9H10N2O3/c12-6-4-9(14)11(5-6)7-2-1-3-8(13)10-7/h1-3,6,12H,4-5H2,(H,10,13). The van der Waals surface area contributed by atoms with Crippen LogP contribution < -0.4 is 10.5 Å². The van der Waals surface area contributed by atoms with Crippen molar-refractivity contribution in [2.75, 3.05) is 11.4 Å². The largest absolute Gasteiger partial charge is 0.391 e. The number of hydrogen-bond donors (Lipinski definition) is 2. The molecule has 0 radical (unpaired) electrons. The zero-order valence-electron chi connectivity index (χ0n) is 7.43. The highest BCUT2D eigenvalue weighted by molar-refractivity contribution is 5.95. The van der Waals surface area contributed by atoms with E-state index in [1.165, 1.54) is 11.0 Å². The number of aromatic amines is 1. The number of carbonyl (C=O) groups is 1. The summed E-state index contributed by atoms with van der Waals surface area (Å²) in [6.45, 7) is 0.249. The summed E-state index contributed by atoms with van der Waals surface area (Å²) in [5.41, 5.74) is -0.253. The monoisotopic (exact) mass is 194 g/mol. The summed E-state index contributed by atoms with van der Waals surface area (Å²) in [5.74, 6) is 0.276. The predicted octanol–water partition coefficient (Wildman–Crippen LogP) is -0.528. The second-order valence-electron chi connectivity index (χ2n) is 3.26. The molecule has 74 valence electrons. The van der Waals surface area contributed by atoms with Crippen molar-refractivity contribution < 1.29 is 9.90 Å². The zero-order chi connectivity index (χ0) is 10.1. The fourth-order valence-corrected chi connectivity index (χ4v) is 1.52. The van der Waals surface area contributed by atoms with Crippen molar-refractivity contribution in [2.24, 2.45) is 0 Å². The quantitative estimate of drug-likeness (QED) is 0.631. The average Bonchev–Trinajstić information content (AvgIpc) is 2.45. The molecule has 1 aromatic heterocycles. The molecule has 1 fully saturated rings. The Morgan fingerprint density at radius 2 is 2.21 bits per heavy atom. The Labute approximate surface area is 80.0 Å². The summed E-state index contributed by atoms with van der Waals surface area (Å²) >= 11 is 0. The van der Waals surface area contributed by atoms with E-state index in [1.54, 1.807) is 12.1 Å². The summed E-state index contributed by atoms with van der Waals surface area (Å²) in [7, 11) is 0. The van der Waals surface area contributed by atoms with Crippen LogP contribution in [0.4, 0.5) is 5.82 Å². The lowest BCUT2D eigenvalue weighted by molar-refractivity contribution is -0.117. The van der Waals surface area contributed by atoms with Gasteiger partial charge in [-0.15, -0.1) is 0 Å². The van der Waals surface area contributed by atoms with Crippen molar-refractivity contribution in [2.45, 2.75) is 12.5 Å². The third-order valence-corrected chi connectivity index (χ3v) is 2.15. The number of aromatic nitrogens is 1. The highest BCUT2D eigenvalue weighted by Crippen LogP contribution is 2.17. The van der Waals surface area contributed by atoms with Gasteiger partial charge in [0.2, 0.25) is 11.5 Å². The summed E-state index contributed by atoms with van der Waals surface area (Å²) < 4.78 is 0. The molecule has 1 saturated heterocycles. The Morgan fingerprint density at radius 1 is 1.43 bits per heavy atom. The molecule has 0 aliphatic carbocycles. The van der Waals surface area contributed by atoms with E-state index in [1.807, 2.05) is 0 Å². The first-order chi connectivity index (χ1) is 6.66. The van der Waals surface area contributed by atoms with Crippen LogP contribution in [-0.4, -0.2) is 28.6 Å². The SMILES string of the molecule is O=C1CC(O)CN1c1cccc(=O)[nH]1. The molecular weight excluding hydrogens is 184 g/mol. The molecule has 2 N–H and O–H groups in total. The van der Waals surface area contributed by atoms with E-state index in [0.29, 0.717) is 5.82 Å². The maximum atomic E-state index is 11.3. The lowest BCUT2D eigenvalue weighted by Gasteiger charge is -2.14. The molecule has 1 unspecified atom stereocenters.